The predicted molar refractivity (Wildman–Crippen MR) is 108 cm³/mol. The summed E-state index contributed by atoms with van der Waals surface area (Å²) in [5.74, 6) is 0.242. The molecule has 0 saturated heterocycles. The zero-order valence-electron chi connectivity index (χ0n) is 16.1. The third-order valence-electron chi connectivity index (χ3n) is 5.51. The highest BCUT2D eigenvalue weighted by atomic mass is 16.3. The van der Waals surface area contributed by atoms with Crippen molar-refractivity contribution in [1.82, 2.24) is 10.3 Å². The highest BCUT2D eigenvalue weighted by Crippen LogP contribution is 2.32. The van der Waals surface area contributed by atoms with Gasteiger partial charge in [0.05, 0.1) is 16.7 Å². The average molecular weight is 357 g/mol. The van der Waals surface area contributed by atoms with Gasteiger partial charge in [0.15, 0.2) is 0 Å². The molecule has 5 heteroatoms. The molecule has 5 nitrogen and oxygen atoms in total. The van der Waals surface area contributed by atoms with Crippen LogP contribution in [0.1, 0.15) is 51.3 Å². The van der Waals surface area contributed by atoms with Gasteiger partial charge in [0.1, 0.15) is 0 Å². The molecule has 0 radical (unpaired) electrons. The van der Waals surface area contributed by atoms with Gasteiger partial charge in [-0.05, 0) is 63.6 Å². The van der Waals surface area contributed by atoms with Gasteiger partial charge in [0.25, 0.3) is 5.91 Å². The Bertz CT molecular complexity index is 794. The molecule has 0 aliphatic heterocycles. The number of nitrogens with one attached hydrogen (secondary N) is 1. The normalized spacial score (nSPS) is 20.8. The first-order chi connectivity index (χ1) is 12.2. The number of amides is 1. The minimum Gasteiger partial charge on any atom is -0.390 e. The van der Waals surface area contributed by atoms with E-state index >= 15 is 0 Å². The van der Waals surface area contributed by atoms with Crippen LogP contribution in [0.15, 0.2) is 30.5 Å². The lowest BCUT2D eigenvalue weighted by Gasteiger charge is -2.36. The molecule has 1 aromatic carbocycles. The summed E-state index contributed by atoms with van der Waals surface area (Å²) in [7, 11) is 3.99. The third-order valence-corrected chi connectivity index (χ3v) is 5.51. The van der Waals surface area contributed by atoms with Crippen LogP contribution in [-0.4, -0.2) is 41.7 Å². The van der Waals surface area contributed by atoms with E-state index in [0.29, 0.717) is 11.5 Å². The Kier molecular flexibility index (Phi) is 5.19. The zero-order chi connectivity index (χ0) is 18.9. The lowest BCUT2D eigenvalue weighted by Crippen LogP contribution is -2.41. The van der Waals surface area contributed by atoms with E-state index in [1.807, 2.05) is 57.1 Å². The van der Waals surface area contributed by atoms with Crippen molar-refractivity contribution < 1.29 is 11.3 Å². The molecular formula is C21H31N3O2. The van der Waals surface area contributed by atoms with E-state index in [0.717, 1.165) is 42.3 Å². The minimum absolute atomic E-state index is 0. The van der Waals surface area contributed by atoms with Crippen LogP contribution in [0.3, 0.4) is 0 Å². The number of hydrogen-bond acceptors (Lipinski definition) is 4. The van der Waals surface area contributed by atoms with Gasteiger partial charge in [0.2, 0.25) is 0 Å². The summed E-state index contributed by atoms with van der Waals surface area (Å²) >= 11 is 0. The smallest absolute Gasteiger partial charge is 0.253 e. The second-order valence-corrected chi connectivity index (χ2v) is 8.17. The maximum absolute atomic E-state index is 12.6. The standard InChI is InChI=1S/C21H29N3O2.H2/c1-21(2,26)16-6-8-17(9-7-16)23-20(25)15-11-14-5-10-18(24(3)4)12-19(14)22-13-15;/h5,10-13,16-17,26H,6-9H2,1-4H3,(H,23,25);1H. The number of pyridine rings is 1. The van der Waals surface area contributed by atoms with Crippen molar-refractivity contribution in [3.8, 4) is 0 Å². The Labute approximate surface area is 156 Å². The number of nitrogens with zero attached hydrogens (tertiary/aromatic N) is 2. The van der Waals surface area contributed by atoms with E-state index in [4.69, 9.17) is 0 Å². The fourth-order valence-corrected chi connectivity index (χ4v) is 3.73. The largest absolute Gasteiger partial charge is 0.390 e. The second-order valence-electron chi connectivity index (χ2n) is 8.17. The summed E-state index contributed by atoms with van der Waals surface area (Å²) in [5.41, 5.74) is 1.94. The quantitative estimate of drug-likeness (QED) is 0.877. The van der Waals surface area contributed by atoms with Gasteiger partial charge in [0, 0.05) is 38.8 Å². The predicted octanol–water partition coefficient (Wildman–Crippen LogP) is 3.61. The summed E-state index contributed by atoms with van der Waals surface area (Å²) in [4.78, 5) is 19.1. The molecule has 26 heavy (non-hydrogen) atoms. The first kappa shape index (κ1) is 18.6. The van der Waals surface area contributed by atoms with Crippen LogP contribution in [0.2, 0.25) is 0 Å². The Morgan fingerprint density at radius 1 is 1.23 bits per heavy atom. The average Bonchev–Trinajstić information content (AvgIpc) is 2.60. The van der Waals surface area contributed by atoms with E-state index in [1.54, 1.807) is 6.20 Å². The number of carbonyl (C=O) groups excluding carboxylic acids is 1. The maximum Gasteiger partial charge on any atom is 0.253 e. The van der Waals surface area contributed by atoms with Gasteiger partial charge in [-0.1, -0.05) is 6.07 Å². The highest BCUT2D eigenvalue weighted by Gasteiger charge is 2.31. The molecule has 1 saturated carbocycles. The lowest BCUT2D eigenvalue weighted by atomic mass is 9.77. The van der Waals surface area contributed by atoms with Gasteiger partial charge < -0.3 is 15.3 Å². The van der Waals surface area contributed by atoms with E-state index in [2.05, 4.69) is 10.3 Å². The topological polar surface area (TPSA) is 65.5 Å². The van der Waals surface area contributed by atoms with Crippen molar-refractivity contribution >= 4 is 22.5 Å². The highest BCUT2D eigenvalue weighted by molar-refractivity contribution is 5.97. The third kappa shape index (κ3) is 4.15. The lowest BCUT2D eigenvalue weighted by molar-refractivity contribution is -0.00257. The van der Waals surface area contributed by atoms with Crippen LogP contribution in [0.25, 0.3) is 10.9 Å². The summed E-state index contributed by atoms with van der Waals surface area (Å²) < 4.78 is 0. The fraction of sp³-hybridized carbons (Fsp3) is 0.524. The van der Waals surface area contributed by atoms with Gasteiger partial charge in [-0.2, -0.15) is 0 Å². The van der Waals surface area contributed by atoms with E-state index in [1.165, 1.54) is 0 Å². The summed E-state index contributed by atoms with van der Waals surface area (Å²) in [6.45, 7) is 3.75. The SMILES string of the molecule is CN(C)c1ccc2cc(C(=O)NC3CCC(C(C)(C)O)CC3)cnc2c1.[HH]. The Hall–Kier alpha value is -2.14. The summed E-state index contributed by atoms with van der Waals surface area (Å²) in [6, 6.07) is 8.13. The molecule has 0 atom stereocenters. The zero-order valence-corrected chi connectivity index (χ0v) is 16.1. The van der Waals surface area contributed by atoms with E-state index in [9.17, 15) is 9.90 Å². The summed E-state index contributed by atoms with van der Waals surface area (Å²) in [5, 5.41) is 14.2. The Morgan fingerprint density at radius 2 is 1.92 bits per heavy atom. The van der Waals surface area contributed by atoms with E-state index in [-0.39, 0.29) is 13.4 Å². The Morgan fingerprint density at radius 3 is 2.54 bits per heavy atom. The fourth-order valence-electron chi connectivity index (χ4n) is 3.73. The molecule has 1 fully saturated rings. The molecule has 0 bridgehead atoms. The molecule has 1 aliphatic carbocycles. The molecule has 0 unspecified atom stereocenters. The van der Waals surface area contributed by atoms with Gasteiger partial charge in [-0.25, -0.2) is 0 Å². The second kappa shape index (κ2) is 7.23. The van der Waals surface area contributed by atoms with Crippen LogP contribution < -0.4 is 10.2 Å². The number of hydrogen-bond donors (Lipinski definition) is 2. The van der Waals surface area contributed by atoms with Gasteiger partial charge in [-0.15, -0.1) is 0 Å². The van der Waals surface area contributed by atoms with Crippen LogP contribution >= 0.6 is 0 Å². The van der Waals surface area contributed by atoms with Crippen molar-refractivity contribution in [3.63, 3.8) is 0 Å². The monoisotopic (exact) mass is 357 g/mol. The number of rotatable bonds is 4. The van der Waals surface area contributed by atoms with Crippen molar-refractivity contribution in [2.24, 2.45) is 5.92 Å². The molecule has 142 valence electrons. The molecular weight excluding hydrogens is 326 g/mol. The maximum atomic E-state index is 12.6. The molecule has 1 aliphatic rings. The summed E-state index contributed by atoms with van der Waals surface area (Å²) in [6.07, 6.45) is 5.36. The number of anilines is 1. The molecule has 2 aromatic rings. The number of fused-ring (bicyclic) bond motifs is 1. The van der Waals surface area contributed by atoms with Crippen LogP contribution in [0.5, 0.6) is 0 Å². The molecule has 0 spiro atoms. The van der Waals surface area contributed by atoms with Crippen LogP contribution in [-0.2, 0) is 0 Å². The number of aliphatic hydroxyl groups is 1. The van der Waals surface area contributed by atoms with Gasteiger partial charge >= 0.3 is 0 Å². The van der Waals surface area contributed by atoms with Crippen molar-refractivity contribution in [2.45, 2.75) is 51.2 Å². The Balaban J connectivity index is 0.00000261. The molecule has 1 heterocycles. The number of benzene rings is 1. The molecule has 1 amide bonds. The first-order valence-corrected chi connectivity index (χ1v) is 9.34. The van der Waals surface area contributed by atoms with Crippen molar-refractivity contribution in [1.29, 1.82) is 0 Å². The van der Waals surface area contributed by atoms with Crippen LogP contribution in [0.4, 0.5) is 5.69 Å². The number of aromatic nitrogens is 1. The minimum atomic E-state index is -0.636. The van der Waals surface area contributed by atoms with Gasteiger partial charge in [-0.3, -0.25) is 9.78 Å². The molecule has 2 N–H and O–H groups in total. The van der Waals surface area contributed by atoms with E-state index < -0.39 is 5.60 Å². The van der Waals surface area contributed by atoms with Crippen LogP contribution in [0, 0.1) is 5.92 Å². The first-order valence-electron chi connectivity index (χ1n) is 9.34. The van der Waals surface area contributed by atoms with Crippen molar-refractivity contribution in [3.05, 3.63) is 36.0 Å². The number of carbonyl (C=O) groups is 1. The van der Waals surface area contributed by atoms with Crippen molar-refractivity contribution in [2.75, 3.05) is 19.0 Å². The molecule has 1 aromatic heterocycles. The molecule has 3 rings (SSSR count).